The zero-order chi connectivity index (χ0) is 17.1. The quantitative estimate of drug-likeness (QED) is 0.706. The van der Waals surface area contributed by atoms with Crippen molar-refractivity contribution in [3.8, 4) is 0 Å². The van der Waals surface area contributed by atoms with E-state index in [1.54, 1.807) is 0 Å². The van der Waals surface area contributed by atoms with Gasteiger partial charge in [0, 0.05) is 25.6 Å². The monoisotopic (exact) mass is 340 g/mol. The Kier molecular flexibility index (Phi) is 4.54. The summed E-state index contributed by atoms with van der Waals surface area (Å²) in [5, 5.41) is 12.6. The Hall–Kier alpha value is -2.57. The van der Waals surface area contributed by atoms with Crippen molar-refractivity contribution in [1.82, 2.24) is 20.5 Å². The minimum atomic E-state index is -0.158. The fraction of sp³-hybridized carbons (Fsp3) is 0.500. The van der Waals surface area contributed by atoms with Crippen LogP contribution in [0, 0.1) is 5.92 Å². The molecule has 0 radical (unpaired) electrons. The van der Waals surface area contributed by atoms with E-state index in [0.717, 1.165) is 42.5 Å². The number of aromatic nitrogens is 3. The highest BCUT2D eigenvalue weighted by atomic mass is 16.2. The molecule has 3 N–H and O–H groups in total. The fourth-order valence-corrected chi connectivity index (χ4v) is 4.03. The standard InChI is InChI=1S/C18H24N6O/c25-18(19-9-3-6-17-20-12-21-23-17)22-15-4-1-2-5-16(15)24-11-13-7-8-14(24)10-13/h1-2,4-5,12-14H,3,6-11H2,(H2,19,22,25)(H,20,21,23). The molecule has 2 atom stereocenters. The molecule has 4 rings (SSSR count). The van der Waals surface area contributed by atoms with Crippen molar-refractivity contribution in [3.63, 3.8) is 0 Å². The lowest BCUT2D eigenvalue weighted by atomic mass is 10.1. The van der Waals surface area contributed by atoms with Crippen molar-refractivity contribution in [1.29, 1.82) is 0 Å². The number of carbonyl (C=O) groups excluding carboxylic acids is 1. The Balaban J connectivity index is 1.30. The lowest BCUT2D eigenvalue weighted by Crippen LogP contribution is -2.34. The summed E-state index contributed by atoms with van der Waals surface area (Å²) in [6.45, 7) is 1.71. The summed E-state index contributed by atoms with van der Waals surface area (Å²) in [6, 6.07) is 8.58. The van der Waals surface area contributed by atoms with Crippen LogP contribution in [-0.4, -0.2) is 40.3 Å². The van der Waals surface area contributed by atoms with Crippen LogP contribution in [-0.2, 0) is 6.42 Å². The smallest absolute Gasteiger partial charge is 0.319 e. The average Bonchev–Trinajstić information content (AvgIpc) is 3.37. The molecule has 1 aliphatic heterocycles. The molecule has 132 valence electrons. The van der Waals surface area contributed by atoms with Gasteiger partial charge in [-0.15, -0.1) is 0 Å². The molecule has 1 saturated heterocycles. The van der Waals surface area contributed by atoms with E-state index in [0.29, 0.717) is 12.6 Å². The Morgan fingerprint density at radius 2 is 2.24 bits per heavy atom. The first-order valence-electron chi connectivity index (χ1n) is 9.04. The zero-order valence-corrected chi connectivity index (χ0v) is 14.2. The number of carbonyl (C=O) groups is 1. The van der Waals surface area contributed by atoms with Crippen LogP contribution in [0.25, 0.3) is 0 Å². The number of rotatable bonds is 6. The summed E-state index contributed by atoms with van der Waals surface area (Å²) in [5.74, 6) is 1.67. The molecule has 7 heteroatoms. The fourth-order valence-electron chi connectivity index (χ4n) is 4.03. The number of aromatic amines is 1. The molecule has 1 aromatic heterocycles. The number of piperidine rings is 1. The summed E-state index contributed by atoms with van der Waals surface area (Å²) in [6.07, 6.45) is 7.00. The van der Waals surface area contributed by atoms with E-state index in [2.05, 4.69) is 36.8 Å². The van der Waals surface area contributed by atoms with E-state index < -0.39 is 0 Å². The third kappa shape index (κ3) is 3.60. The van der Waals surface area contributed by atoms with E-state index in [-0.39, 0.29) is 6.03 Å². The van der Waals surface area contributed by atoms with Crippen molar-refractivity contribution in [3.05, 3.63) is 36.4 Å². The molecule has 2 heterocycles. The van der Waals surface area contributed by atoms with Crippen molar-refractivity contribution < 1.29 is 4.79 Å². The molecular weight excluding hydrogens is 316 g/mol. The van der Waals surface area contributed by atoms with Crippen LogP contribution < -0.4 is 15.5 Å². The molecule has 2 aliphatic rings. The summed E-state index contributed by atoms with van der Waals surface area (Å²) >= 11 is 0. The number of amides is 2. The van der Waals surface area contributed by atoms with E-state index >= 15 is 0 Å². The number of anilines is 2. The second-order valence-corrected chi connectivity index (χ2v) is 6.92. The van der Waals surface area contributed by atoms with E-state index in [1.165, 1.54) is 25.6 Å². The first kappa shape index (κ1) is 15.9. The van der Waals surface area contributed by atoms with Gasteiger partial charge in [0.05, 0.1) is 11.4 Å². The maximum absolute atomic E-state index is 12.2. The molecule has 2 aromatic rings. The number of H-pyrrole nitrogens is 1. The third-order valence-corrected chi connectivity index (χ3v) is 5.21. The van der Waals surface area contributed by atoms with Crippen molar-refractivity contribution in [2.75, 3.05) is 23.3 Å². The van der Waals surface area contributed by atoms with Gasteiger partial charge in [-0.2, -0.15) is 5.10 Å². The van der Waals surface area contributed by atoms with Crippen LogP contribution in [0.4, 0.5) is 16.2 Å². The van der Waals surface area contributed by atoms with Gasteiger partial charge < -0.3 is 15.5 Å². The first-order chi connectivity index (χ1) is 12.3. The highest BCUT2D eigenvalue weighted by Gasteiger charge is 2.38. The number of aryl methyl sites for hydroxylation is 1. The van der Waals surface area contributed by atoms with E-state index in [4.69, 9.17) is 0 Å². The van der Waals surface area contributed by atoms with Gasteiger partial charge in [0.25, 0.3) is 0 Å². The van der Waals surface area contributed by atoms with Crippen LogP contribution in [0.5, 0.6) is 0 Å². The predicted molar refractivity (Wildman–Crippen MR) is 96.6 cm³/mol. The summed E-state index contributed by atoms with van der Waals surface area (Å²) < 4.78 is 0. The average molecular weight is 340 g/mol. The second-order valence-electron chi connectivity index (χ2n) is 6.92. The van der Waals surface area contributed by atoms with Gasteiger partial charge in [0.2, 0.25) is 0 Å². The van der Waals surface area contributed by atoms with Crippen molar-refractivity contribution in [2.24, 2.45) is 5.92 Å². The summed E-state index contributed by atoms with van der Waals surface area (Å²) in [5.41, 5.74) is 2.04. The van der Waals surface area contributed by atoms with E-state index in [9.17, 15) is 4.79 Å². The van der Waals surface area contributed by atoms with Crippen LogP contribution >= 0.6 is 0 Å². The minimum absolute atomic E-state index is 0.158. The van der Waals surface area contributed by atoms with Gasteiger partial charge in [-0.1, -0.05) is 12.1 Å². The van der Waals surface area contributed by atoms with Gasteiger partial charge in [-0.3, -0.25) is 5.10 Å². The highest BCUT2D eigenvalue weighted by molar-refractivity contribution is 5.93. The highest BCUT2D eigenvalue weighted by Crippen LogP contribution is 2.42. The molecule has 2 fully saturated rings. The molecule has 7 nitrogen and oxygen atoms in total. The maximum atomic E-state index is 12.2. The molecule has 0 spiro atoms. The van der Waals surface area contributed by atoms with Crippen molar-refractivity contribution in [2.45, 2.75) is 38.1 Å². The molecule has 2 amide bonds. The number of hydrogen-bond acceptors (Lipinski definition) is 4. The first-order valence-corrected chi connectivity index (χ1v) is 9.04. The molecule has 1 aromatic carbocycles. The van der Waals surface area contributed by atoms with Crippen LogP contribution in [0.2, 0.25) is 0 Å². The predicted octanol–water partition coefficient (Wildman–Crippen LogP) is 2.55. The summed E-state index contributed by atoms with van der Waals surface area (Å²) in [4.78, 5) is 18.8. The number of nitrogens with one attached hydrogen (secondary N) is 3. The van der Waals surface area contributed by atoms with Crippen molar-refractivity contribution >= 4 is 17.4 Å². The third-order valence-electron chi connectivity index (χ3n) is 5.21. The zero-order valence-electron chi connectivity index (χ0n) is 14.2. The second kappa shape index (κ2) is 7.13. The van der Waals surface area contributed by atoms with Crippen LogP contribution in [0.1, 0.15) is 31.5 Å². The maximum Gasteiger partial charge on any atom is 0.319 e. The molecular formula is C18H24N6O. The molecule has 2 unspecified atom stereocenters. The minimum Gasteiger partial charge on any atom is -0.367 e. The lowest BCUT2D eigenvalue weighted by molar-refractivity contribution is 0.252. The SMILES string of the molecule is O=C(NCCCc1ncn[nH]1)Nc1ccccc1N1CC2CCC1C2. The molecule has 1 aliphatic carbocycles. The largest absolute Gasteiger partial charge is 0.367 e. The van der Waals surface area contributed by atoms with Gasteiger partial charge in [0.15, 0.2) is 0 Å². The van der Waals surface area contributed by atoms with Crippen LogP contribution in [0.15, 0.2) is 30.6 Å². The molecule has 1 saturated carbocycles. The van der Waals surface area contributed by atoms with Gasteiger partial charge in [0.1, 0.15) is 12.2 Å². The number of benzene rings is 1. The number of fused-ring (bicyclic) bond motifs is 2. The van der Waals surface area contributed by atoms with Gasteiger partial charge in [-0.25, -0.2) is 9.78 Å². The topological polar surface area (TPSA) is 85.9 Å². The van der Waals surface area contributed by atoms with Gasteiger partial charge in [-0.05, 0) is 43.7 Å². The lowest BCUT2D eigenvalue weighted by Gasteiger charge is -2.31. The number of urea groups is 1. The van der Waals surface area contributed by atoms with E-state index in [1.807, 2.05) is 18.2 Å². The number of nitrogens with zero attached hydrogens (tertiary/aromatic N) is 3. The molecule has 25 heavy (non-hydrogen) atoms. The van der Waals surface area contributed by atoms with Gasteiger partial charge >= 0.3 is 6.03 Å². The number of hydrogen-bond donors (Lipinski definition) is 3. The Morgan fingerprint density at radius 3 is 3.00 bits per heavy atom. The Bertz CT molecular complexity index is 716. The Labute approximate surface area is 147 Å². The Morgan fingerprint density at radius 1 is 1.32 bits per heavy atom. The normalized spacial score (nSPS) is 21.5. The summed E-state index contributed by atoms with van der Waals surface area (Å²) in [7, 11) is 0. The molecule has 2 bridgehead atoms. The van der Waals surface area contributed by atoms with Crippen LogP contribution in [0.3, 0.4) is 0 Å². The number of para-hydroxylation sites is 2.